The molecule has 1 fully saturated rings. The molecule has 0 bridgehead atoms. The summed E-state index contributed by atoms with van der Waals surface area (Å²) < 4.78 is 0. The summed E-state index contributed by atoms with van der Waals surface area (Å²) in [6.45, 7) is 0.738. The van der Waals surface area contributed by atoms with Gasteiger partial charge < -0.3 is 10.2 Å². The standard InChI is InChI=1S/C18H19NO3/c20-16(21)11-18(22)12-19(13-18)17(14-7-3-1-4-8-14)15-9-5-2-6-10-15/h1-10,17,22H,11-13H2,(H,20,21). The van der Waals surface area contributed by atoms with Crippen molar-refractivity contribution in [1.82, 2.24) is 4.90 Å². The van der Waals surface area contributed by atoms with E-state index in [4.69, 9.17) is 5.11 Å². The molecule has 0 saturated carbocycles. The van der Waals surface area contributed by atoms with Crippen LogP contribution in [0.5, 0.6) is 0 Å². The molecule has 1 heterocycles. The van der Waals surface area contributed by atoms with Crippen LogP contribution in [0, 0.1) is 0 Å². The summed E-state index contributed by atoms with van der Waals surface area (Å²) in [5, 5.41) is 19.2. The molecular weight excluding hydrogens is 278 g/mol. The first-order chi connectivity index (χ1) is 10.6. The minimum absolute atomic E-state index is 0.0384. The lowest BCUT2D eigenvalue weighted by Crippen LogP contribution is -2.63. The number of carbonyl (C=O) groups is 1. The number of likely N-dealkylation sites (tertiary alicyclic amines) is 1. The fourth-order valence-electron chi connectivity index (χ4n) is 3.17. The van der Waals surface area contributed by atoms with Crippen LogP contribution in [-0.2, 0) is 4.79 Å². The van der Waals surface area contributed by atoms with Crippen LogP contribution in [0.2, 0.25) is 0 Å². The zero-order valence-corrected chi connectivity index (χ0v) is 12.2. The molecule has 4 heteroatoms. The van der Waals surface area contributed by atoms with E-state index < -0.39 is 11.6 Å². The first kappa shape index (κ1) is 14.8. The van der Waals surface area contributed by atoms with Crippen molar-refractivity contribution in [3.05, 3.63) is 71.8 Å². The van der Waals surface area contributed by atoms with Crippen molar-refractivity contribution < 1.29 is 15.0 Å². The summed E-state index contributed by atoms with van der Waals surface area (Å²) in [7, 11) is 0. The fraction of sp³-hybridized carbons (Fsp3) is 0.278. The van der Waals surface area contributed by atoms with Gasteiger partial charge in [-0.1, -0.05) is 60.7 Å². The summed E-state index contributed by atoms with van der Waals surface area (Å²) in [5.74, 6) is -0.960. The summed E-state index contributed by atoms with van der Waals surface area (Å²) in [6.07, 6.45) is -0.209. The highest BCUT2D eigenvalue weighted by molar-refractivity contribution is 5.68. The van der Waals surface area contributed by atoms with Gasteiger partial charge in [-0.05, 0) is 11.1 Å². The van der Waals surface area contributed by atoms with Gasteiger partial charge in [-0.25, -0.2) is 0 Å². The van der Waals surface area contributed by atoms with E-state index in [-0.39, 0.29) is 12.5 Å². The number of aliphatic carboxylic acids is 1. The Morgan fingerprint density at radius 1 is 1.00 bits per heavy atom. The Bertz CT molecular complexity index is 596. The van der Waals surface area contributed by atoms with Gasteiger partial charge in [0.15, 0.2) is 0 Å². The van der Waals surface area contributed by atoms with E-state index in [0.717, 1.165) is 11.1 Å². The highest BCUT2D eigenvalue weighted by Crippen LogP contribution is 2.37. The van der Waals surface area contributed by atoms with Gasteiger partial charge in [-0.3, -0.25) is 9.69 Å². The summed E-state index contributed by atoms with van der Waals surface area (Å²) in [6, 6.07) is 20.2. The van der Waals surface area contributed by atoms with Gasteiger partial charge >= 0.3 is 5.97 Å². The van der Waals surface area contributed by atoms with Crippen LogP contribution in [0.3, 0.4) is 0 Å². The molecule has 2 aromatic carbocycles. The van der Waals surface area contributed by atoms with E-state index in [2.05, 4.69) is 29.2 Å². The highest BCUT2D eigenvalue weighted by atomic mass is 16.4. The van der Waals surface area contributed by atoms with Crippen molar-refractivity contribution in [2.75, 3.05) is 13.1 Å². The lowest BCUT2D eigenvalue weighted by Gasteiger charge is -2.49. The Morgan fingerprint density at radius 3 is 1.86 bits per heavy atom. The van der Waals surface area contributed by atoms with Gasteiger partial charge in [0.25, 0.3) is 0 Å². The summed E-state index contributed by atoms with van der Waals surface area (Å²) in [4.78, 5) is 13.0. The number of aliphatic hydroxyl groups is 1. The van der Waals surface area contributed by atoms with Crippen LogP contribution < -0.4 is 0 Å². The molecule has 0 amide bonds. The Kier molecular flexibility index (Phi) is 3.96. The average Bonchev–Trinajstić information content (AvgIpc) is 2.47. The van der Waals surface area contributed by atoms with E-state index in [0.29, 0.717) is 13.1 Å². The van der Waals surface area contributed by atoms with Crippen molar-refractivity contribution >= 4 is 5.97 Å². The molecule has 4 nitrogen and oxygen atoms in total. The molecule has 1 aliphatic heterocycles. The minimum atomic E-state index is -1.12. The number of carboxylic acids is 1. The fourth-order valence-corrected chi connectivity index (χ4v) is 3.17. The van der Waals surface area contributed by atoms with Gasteiger partial charge in [-0.15, -0.1) is 0 Å². The Morgan fingerprint density at radius 2 is 1.45 bits per heavy atom. The number of β-amino-alcohol motifs (C(OH)–C–C–N with tert-alkyl or cyclic N) is 1. The van der Waals surface area contributed by atoms with Gasteiger partial charge in [0.1, 0.15) is 5.60 Å². The first-order valence-corrected chi connectivity index (χ1v) is 7.35. The van der Waals surface area contributed by atoms with Crippen LogP contribution >= 0.6 is 0 Å². The minimum Gasteiger partial charge on any atom is -0.481 e. The molecule has 0 aliphatic carbocycles. The second-order valence-electron chi connectivity index (χ2n) is 5.92. The number of nitrogens with zero attached hydrogens (tertiary/aromatic N) is 1. The number of rotatable bonds is 5. The van der Waals surface area contributed by atoms with Gasteiger partial charge in [0.2, 0.25) is 0 Å². The average molecular weight is 297 g/mol. The highest BCUT2D eigenvalue weighted by Gasteiger charge is 2.46. The normalized spacial score (nSPS) is 17.2. The van der Waals surface area contributed by atoms with Gasteiger partial charge in [0, 0.05) is 13.1 Å². The van der Waals surface area contributed by atoms with Crippen LogP contribution in [-0.4, -0.2) is 39.8 Å². The molecule has 0 spiro atoms. The number of hydrogen-bond donors (Lipinski definition) is 2. The number of hydrogen-bond acceptors (Lipinski definition) is 3. The van der Waals surface area contributed by atoms with Crippen LogP contribution in [0.15, 0.2) is 60.7 Å². The maximum atomic E-state index is 10.8. The Hall–Kier alpha value is -2.17. The van der Waals surface area contributed by atoms with E-state index in [1.165, 1.54) is 0 Å². The van der Waals surface area contributed by atoms with Crippen molar-refractivity contribution in [1.29, 1.82) is 0 Å². The third-order valence-electron chi connectivity index (χ3n) is 4.07. The predicted octanol–water partition coefficient (Wildman–Crippen LogP) is 2.30. The third-order valence-corrected chi connectivity index (χ3v) is 4.07. The quantitative estimate of drug-likeness (QED) is 0.889. The number of carboxylic acid groups (broad SMARTS) is 1. The SMILES string of the molecule is O=C(O)CC1(O)CN(C(c2ccccc2)c2ccccc2)C1. The van der Waals surface area contributed by atoms with E-state index in [1.807, 2.05) is 36.4 Å². The lowest BCUT2D eigenvalue weighted by molar-refractivity contribution is -0.156. The molecule has 1 saturated heterocycles. The monoisotopic (exact) mass is 297 g/mol. The summed E-state index contributed by atoms with van der Waals surface area (Å²) in [5.41, 5.74) is 1.17. The van der Waals surface area contributed by atoms with Crippen LogP contribution in [0.1, 0.15) is 23.6 Å². The zero-order valence-electron chi connectivity index (χ0n) is 12.2. The topological polar surface area (TPSA) is 60.8 Å². The molecule has 1 aliphatic rings. The zero-order chi connectivity index (χ0) is 15.6. The van der Waals surface area contributed by atoms with Crippen LogP contribution in [0.25, 0.3) is 0 Å². The Balaban J connectivity index is 1.84. The predicted molar refractivity (Wildman–Crippen MR) is 83.5 cm³/mol. The smallest absolute Gasteiger partial charge is 0.306 e. The molecule has 0 atom stereocenters. The van der Waals surface area contributed by atoms with Gasteiger partial charge in [-0.2, -0.15) is 0 Å². The largest absolute Gasteiger partial charge is 0.481 e. The van der Waals surface area contributed by atoms with E-state index in [9.17, 15) is 9.90 Å². The van der Waals surface area contributed by atoms with Crippen molar-refractivity contribution in [3.8, 4) is 0 Å². The second kappa shape index (κ2) is 5.91. The first-order valence-electron chi connectivity index (χ1n) is 7.35. The molecular formula is C18H19NO3. The van der Waals surface area contributed by atoms with E-state index in [1.54, 1.807) is 0 Å². The van der Waals surface area contributed by atoms with Crippen LogP contribution in [0.4, 0.5) is 0 Å². The Labute approximate surface area is 129 Å². The molecule has 0 radical (unpaired) electrons. The lowest BCUT2D eigenvalue weighted by atomic mass is 9.85. The molecule has 0 aromatic heterocycles. The second-order valence-corrected chi connectivity index (χ2v) is 5.92. The number of benzene rings is 2. The molecule has 114 valence electrons. The maximum Gasteiger partial charge on any atom is 0.306 e. The molecule has 2 N–H and O–H groups in total. The summed E-state index contributed by atoms with van der Waals surface area (Å²) >= 11 is 0. The third kappa shape index (κ3) is 3.03. The molecule has 0 unspecified atom stereocenters. The molecule has 22 heavy (non-hydrogen) atoms. The van der Waals surface area contributed by atoms with Crippen molar-refractivity contribution in [2.45, 2.75) is 18.1 Å². The molecule has 2 aromatic rings. The van der Waals surface area contributed by atoms with Gasteiger partial charge in [0.05, 0.1) is 12.5 Å². The van der Waals surface area contributed by atoms with E-state index >= 15 is 0 Å². The molecule has 3 rings (SSSR count). The maximum absolute atomic E-state index is 10.8. The van der Waals surface area contributed by atoms with Crippen molar-refractivity contribution in [3.63, 3.8) is 0 Å². The van der Waals surface area contributed by atoms with Crippen molar-refractivity contribution in [2.24, 2.45) is 0 Å².